The normalized spacial score (nSPS) is 11.9. The Labute approximate surface area is 121 Å². The lowest BCUT2D eigenvalue weighted by atomic mass is 10.1. The van der Waals surface area contributed by atoms with Crippen molar-refractivity contribution in [1.29, 1.82) is 0 Å². The number of amides is 1. The van der Waals surface area contributed by atoms with Crippen molar-refractivity contribution in [1.82, 2.24) is 5.32 Å². The highest BCUT2D eigenvalue weighted by molar-refractivity contribution is 5.95. The highest BCUT2D eigenvalue weighted by Crippen LogP contribution is 2.18. The largest absolute Gasteiger partial charge is 0.497 e. The second kappa shape index (κ2) is 8.46. The van der Waals surface area contributed by atoms with Crippen LogP contribution in [-0.4, -0.2) is 19.1 Å². The van der Waals surface area contributed by atoms with Gasteiger partial charge in [-0.05, 0) is 25.5 Å². The first-order chi connectivity index (χ1) is 9.56. The average molecular weight is 278 g/mol. The van der Waals surface area contributed by atoms with Crippen LogP contribution < -0.4 is 15.8 Å². The first-order valence-electron chi connectivity index (χ1n) is 7.32. The van der Waals surface area contributed by atoms with E-state index in [1.807, 2.05) is 6.92 Å². The number of unbranched alkanes of at least 4 members (excludes halogenated alkanes) is 3. The van der Waals surface area contributed by atoms with E-state index in [1.165, 1.54) is 19.3 Å². The molecule has 1 aromatic carbocycles. The molecule has 1 atom stereocenters. The van der Waals surface area contributed by atoms with E-state index in [1.54, 1.807) is 25.3 Å². The fraction of sp³-hybridized carbons (Fsp3) is 0.562. The number of hydrogen-bond acceptors (Lipinski definition) is 3. The van der Waals surface area contributed by atoms with Crippen molar-refractivity contribution < 1.29 is 9.53 Å². The molecule has 1 aromatic rings. The van der Waals surface area contributed by atoms with Gasteiger partial charge in [-0.15, -0.1) is 0 Å². The van der Waals surface area contributed by atoms with Crippen LogP contribution in [0.3, 0.4) is 0 Å². The predicted molar refractivity (Wildman–Crippen MR) is 83.1 cm³/mol. The lowest BCUT2D eigenvalue weighted by molar-refractivity contribution is 0.0937. The van der Waals surface area contributed by atoms with Crippen LogP contribution in [0.1, 0.15) is 56.3 Å². The number of carbonyl (C=O) groups excluding carboxylic acids is 1. The van der Waals surface area contributed by atoms with Gasteiger partial charge < -0.3 is 15.8 Å². The van der Waals surface area contributed by atoms with Gasteiger partial charge in [-0.3, -0.25) is 4.79 Å². The lowest BCUT2D eigenvalue weighted by Crippen LogP contribution is -2.32. The molecule has 0 radical (unpaired) electrons. The highest BCUT2D eigenvalue weighted by atomic mass is 16.5. The Morgan fingerprint density at radius 1 is 1.30 bits per heavy atom. The summed E-state index contributed by atoms with van der Waals surface area (Å²) in [6.45, 7) is 4.23. The molecule has 112 valence electrons. The smallest absolute Gasteiger partial charge is 0.251 e. The molecule has 3 N–H and O–H groups in total. The van der Waals surface area contributed by atoms with Crippen LogP contribution in [0.15, 0.2) is 18.2 Å². The van der Waals surface area contributed by atoms with Gasteiger partial charge in [0.1, 0.15) is 5.75 Å². The number of anilines is 1. The van der Waals surface area contributed by atoms with Crippen LogP contribution in [0.2, 0.25) is 0 Å². The van der Waals surface area contributed by atoms with Gasteiger partial charge in [0, 0.05) is 23.4 Å². The molecule has 1 rings (SSSR count). The van der Waals surface area contributed by atoms with Crippen LogP contribution in [0.5, 0.6) is 5.75 Å². The van der Waals surface area contributed by atoms with Crippen LogP contribution in [0.25, 0.3) is 0 Å². The van der Waals surface area contributed by atoms with Crippen molar-refractivity contribution in [3.05, 3.63) is 23.8 Å². The molecule has 0 fully saturated rings. The Hall–Kier alpha value is -1.71. The van der Waals surface area contributed by atoms with Crippen molar-refractivity contribution in [2.24, 2.45) is 0 Å². The maximum atomic E-state index is 12.1. The molecule has 20 heavy (non-hydrogen) atoms. The molecule has 4 heteroatoms. The third kappa shape index (κ3) is 5.51. The highest BCUT2D eigenvalue weighted by Gasteiger charge is 2.11. The van der Waals surface area contributed by atoms with E-state index in [0.717, 1.165) is 12.8 Å². The zero-order chi connectivity index (χ0) is 15.0. The number of carbonyl (C=O) groups is 1. The average Bonchev–Trinajstić information content (AvgIpc) is 2.42. The number of nitrogen functional groups attached to an aromatic ring is 1. The van der Waals surface area contributed by atoms with Crippen LogP contribution in [-0.2, 0) is 0 Å². The van der Waals surface area contributed by atoms with Crippen LogP contribution >= 0.6 is 0 Å². The van der Waals surface area contributed by atoms with Gasteiger partial charge in [-0.2, -0.15) is 0 Å². The Balaban J connectivity index is 2.51. The molecule has 1 amide bonds. The minimum atomic E-state index is -0.0985. The lowest BCUT2D eigenvalue weighted by Gasteiger charge is -2.14. The Morgan fingerprint density at radius 3 is 2.70 bits per heavy atom. The molecule has 1 unspecified atom stereocenters. The monoisotopic (exact) mass is 278 g/mol. The van der Waals surface area contributed by atoms with E-state index in [2.05, 4.69) is 12.2 Å². The number of ether oxygens (including phenoxy) is 1. The zero-order valence-corrected chi connectivity index (χ0v) is 12.7. The first kappa shape index (κ1) is 16.3. The van der Waals surface area contributed by atoms with Gasteiger partial charge in [0.05, 0.1) is 7.11 Å². The van der Waals surface area contributed by atoms with E-state index in [9.17, 15) is 4.79 Å². The molecule has 4 nitrogen and oxygen atoms in total. The molecule has 0 aromatic heterocycles. The predicted octanol–water partition coefficient (Wildman–Crippen LogP) is 3.37. The number of methoxy groups -OCH3 is 1. The summed E-state index contributed by atoms with van der Waals surface area (Å²) >= 11 is 0. The number of nitrogens with one attached hydrogen (secondary N) is 1. The maximum Gasteiger partial charge on any atom is 0.251 e. The Morgan fingerprint density at radius 2 is 2.05 bits per heavy atom. The summed E-state index contributed by atoms with van der Waals surface area (Å²) < 4.78 is 5.12. The van der Waals surface area contributed by atoms with Gasteiger partial charge in [-0.1, -0.05) is 32.6 Å². The molecule has 0 saturated carbocycles. The summed E-state index contributed by atoms with van der Waals surface area (Å²) in [6.07, 6.45) is 5.86. The number of rotatable bonds is 8. The number of benzene rings is 1. The molecule has 0 saturated heterocycles. The molecule has 0 aliphatic rings. The summed E-state index contributed by atoms with van der Waals surface area (Å²) in [7, 11) is 1.56. The summed E-state index contributed by atoms with van der Waals surface area (Å²) in [6, 6.07) is 5.24. The minimum Gasteiger partial charge on any atom is -0.497 e. The van der Waals surface area contributed by atoms with Crippen molar-refractivity contribution in [3.8, 4) is 5.75 Å². The van der Waals surface area contributed by atoms with Gasteiger partial charge in [0.2, 0.25) is 0 Å². The van der Waals surface area contributed by atoms with Crippen LogP contribution in [0, 0.1) is 0 Å². The quantitative estimate of drug-likeness (QED) is 0.566. The standard InChI is InChI=1S/C16H26N2O2/c1-4-5-6-7-8-12(2)18-16(19)13-9-14(17)11-15(10-13)20-3/h9-12H,4-8,17H2,1-3H3,(H,18,19). The van der Waals surface area contributed by atoms with Crippen LogP contribution in [0.4, 0.5) is 5.69 Å². The molecule has 0 spiro atoms. The zero-order valence-electron chi connectivity index (χ0n) is 12.7. The summed E-state index contributed by atoms with van der Waals surface area (Å²) in [5, 5.41) is 3.00. The van der Waals surface area contributed by atoms with Crippen molar-refractivity contribution in [3.63, 3.8) is 0 Å². The van der Waals surface area contributed by atoms with Crippen molar-refractivity contribution in [2.45, 2.75) is 52.0 Å². The van der Waals surface area contributed by atoms with E-state index >= 15 is 0 Å². The first-order valence-corrected chi connectivity index (χ1v) is 7.32. The fourth-order valence-electron chi connectivity index (χ4n) is 2.13. The van der Waals surface area contributed by atoms with Gasteiger partial charge in [0.15, 0.2) is 0 Å². The summed E-state index contributed by atoms with van der Waals surface area (Å²) in [5.41, 5.74) is 6.83. The summed E-state index contributed by atoms with van der Waals surface area (Å²) in [4.78, 5) is 12.1. The molecule has 0 heterocycles. The second-order valence-corrected chi connectivity index (χ2v) is 5.22. The van der Waals surface area contributed by atoms with Gasteiger partial charge in [-0.25, -0.2) is 0 Å². The van der Waals surface area contributed by atoms with E-state index in [-0.39, 0.29) is 11.9 Å². The number of hydrogen-bond donors (Lipinski definition) is 2. The molecule has 0 bridgehead atoms. The fourth-order valence-corrected chi connectivity index (χ4v) is 2.13. The Kier molecular flexibility index (Phi) is 6.91. The molecule has 0 aliphatic carbocycles. The number of nitrogens with two attached hydrogens (primary N) is 1. The van der Waals surface area contributed by atoms with Crippen molar-refractivity contribution >= 4 is 11.6 Å². The van der Waals surface area contributed by atoms with E-state index in [0.29, 0.717) is 17.0 Å². The summed E-state index contributed by atoms with van der Waals surface area (Å²) in [5.74, 6) is 0.504. The minimum absolute atomic E-state index is 0.0985. The SMILES string of the molecule is CCCCCCC(C)NC(=O)c1cc(N)cc(OC)c1. The maximum absolute atomic E-state index is 12.1. The topological polar surface area (TPSA) is 64.4 Å². The van der Waals surface area contributed by atoms with Gasteiger partial charge in [0.25, 0.3) is 5.91 Å². The molecular weight excluding hydrogens is 252 g/mol. The van der Waals surface area contributed by atoms with E-state index < -0.39 is 0 Å². The van der Waals surface area contributed by atoms with Crippen molar-refractivity contribution in [2.75, 3.05) is 12.8 Å². The second-order valence-electron chi connectivity index (χ2n) is 5.22. The van der Waals surface area contributed by atoms with Gasteiger partial charge >= 0.3 is 0 Å². The molecular formula is C16H26N2O2. The third-order valence-electron chi connectivity index (χ3n) is 3.29. The molecule has 0 aliphatic heterocycles. The van der Waals surface area contributed by atoms with E-state index in [4.69, 9.17) is 10.5 Å². The Bertz CT molecular complexity index is 432. The third-order valence-corrected chi connectivity index (χ3v) is 3.29.